The lowest BCUT2D eigenvalue weighted by Gasteiger charge is -2.13. The van der Waals surface area contributed by atoms with E-state index in [0.29, 0.717) is 22.8 Å². The van der Waals surface area contributed by atoms with Gasteiger partial charge in [-0.25, -0.2) is 14.4 Å². The fraction of sp³-hybridized carbons (Fsp3) is 0.292. The molecule has 0 spiro atoms. The van der Waals surface area contributed by atoms with Gasteiger partial charge < -0.3 is 20.7 Å². The zero-order chi connectivity index (χ0) is 25.2. The maximum atomic E-state index is 14.2. The molecule has 186 valence electrons. The largest absolute Gasteiger partial charge is 0.381 e. The van der Waals surface area contributed by atoms with Crippen LogP contribution in [0.2, 0.25) is 0 Å². The van der Waals surface area contributed by atoms with Crippen molar-refractivity contribution < 1.29 is 13.9 Å². The molecule has 4 heterocycles. The fourth-order valence-electron chi connectivity index (χ4n) is 4.36. The van der Waals surface area contributed by atoms with Crippen LogP contribution in [0.3, 0.4) is 0 Å². The van der Waals surface area contributed by atoms with Crippen molar-refractivity contribution in [2.24, 2.45) is 0 Å². The van der Waals surface area contributed by atoms with Gasteiger partial charge >= 0.3 is 0 Å². The van der Waals surface area contributed by atoms with E-state index in [1.165, 1.54) is 35.2 Å². The van der Waals surface area contributed by atoms with Crippen LogP contribution in [-0.2, 0) is 4.74 Å². The SMILES string of the molecule is CNc1cc(Nc2cccn(-c3ncccc3F)c2=O)nc2c(C(=O)NC3CC[C@H](OC)C3)cnn12. The minimum Gasteiger partial charge on any atom is -0.381 e. The lowest BCUT2D eigenvalue weighted by molar-refractivity contribution is 0.0916. The third-order valence-corrected chi connectivity index (χ3v) is 6.20. The zero-order valence-corrected chi connectivity index (χ0v) is 19.7. The first-order valence-corrected chi connectivity index (χ1v) is 11.5. The van der Waals surface area contributed by atoms with Crippen LogP contribution >= 0.6 is 0 Å². The maximum Gasteiger partial charge on any atom is 0.280 e. The number of aromatic nitrogens is 5. The van der Waals surface area contributed by atoms with E-state index in [-0.39, 0.29) is 29.6 Å². The second-order valence-corrected chi connectivity index (χ2v) is 8.44. The van der Waals surface area contributed by atoms with Gasteiger partial charge in [0.25, 0.3) is 11.5 Å². The molecule has 1 saturated carbocycles. The van der Waals surface area contributed by atoms with E-state index in [0.717, 1.165) is 23.8 Å². The Kier molecular flexibility index (Phi) is 6.34. The third-order valence-electron chi connectivity index (χ3n) is 6.20. The summed E-state index contributed by atoms with van der Waals surface area (Å²) in [6.07, 6.45) is 6.92. The van der Waals surface area contributed by atoms with Crippen molar-refractivity contribution in [2.75, 3.05) is 24.8 Å². The molecule has 5 rings (SSSR count). The van der Waals surface area contributed by atoms with Gasteiger partial charge in [0.2, 0.25) is 0 Å². The van der Waals surface area contributed by atoms with Gasteiger partial charge in [-0.15, -0.1) is 0 Å². The Balaban J connectivity index is 1.47. The van der Waals surface area contributed by atoms with Gasteiger partial charge in [-0.1, -0.05) is 0 Å². The Morgan fingerprint density at radius 1 is 1.25 bits per heavy atom. The molecule has 1 unspecified atom stereocenters. The second-order valence-electron chi connectivity index (χ2n) is 8.44. The summed E-state index contributed by atoms with van der Waals surface area (Å²) in [5.74, 6) is -0.163. The second kappa shape index (κ2) is 9.74. The molecule has 0 aromatic carbocycles. The molecule has 3 N–H and O–H groups in total. The number of hydrogen-bond donors (Lipinski definition) is 3. The number of rotatable bonds is 7. The third kappa shape index (κ3) is 4.38. The van der Waals surface area contributed by atoms with E-state index in [1.807, 2.05) is 0 Å². The summed E-state index contributed by atoms with van der Waals surface area (Å²) in [6.45, 7) is 0. The Morgan fingerprint density at radius 3 is 2.86 bits per heavy atom. The molecular weight excluding hydrogens is 467 g/mol. The number of amides is 1. The minimum atomic E-state index is -0.622. The highest BCUT2D eigenvalue weighted by molar-refractivity contribution is 6.00. The van der Waals surface area contributed by atoms with Gasteiger partial charge in [-0.05, 0) is 43.5 Å². The highest BCUT2D eigenvalue weighted by Crippen LogP contribution is 2.24. The van der Waals surface area contributed by atoms with Crippen LogP contribution in [0.1, 0.15) is 29.6 Å². The number of carbonyl (C=O) groups is 1. The molecule has 0 bridgehead atoms. The zero-order valence-electron chi connectivity index (χ0n) is 19.7. The lowest BCUT2D eigenvalue weighted by Crippen LogP contribution is -2.33. The highest BCUT2D eigenvalue weighted by atomic mass is 19.1. The summed E-state index contributed by atoms with van der Waals surface area (Å²) in [4.78, 5) is 34.6. The summed E-state index contributed by atoms with van der Waals surface area (Å²) in [6, 6.07) is 7.50. The number of pyridine rings is 2. The molecule has 4 aromatic heterocycles. The standard InChI is InChI=1S/C24H25FN8O3/c1-26-20-12-19(30-18-6-4-10-32(24(18)35)22-17(25)5-3-9-27-22)31-21-16(13-28-33(20)21)23(34)29-14-7-8-15(11-14)36-2/h3-6,9-10,12-15,26H,7-8,11H2,1-2H3,(H,29,34)(H,30,31)/t14?,15-/m0/s1. The number of carbonyl (C=O) groups excluding carboxylic acids is 1. The number of nitrogens with zero attached hydrogens (tertiary/aromatic N) is 5. The van der Waals surface area contributed by atoms with Crippen molar-refractivity contribution >= 4 is 28.9 Å². The fourth-order valence-corrected chi connectivity index (χ4v) is 4.36. The normalized spacial score (nSPS) is 17.3. The first kappa shape index (κ1) is 23.4. The van der Waals surface area contributed by atoms with E-state index in [1.54, 1.807) is 32.4 Å². The monoisotopic (exact) mass is 492 g/mol. The first-order valence-electron chi connectivity index (χ1n) is 11.5. The van der Waals surface area contributed by atoms with Crippen molar-refractivity contribution in [1.29, 1.82) is 0 Å². The topological polar surface area (TPSA) is 127 Å². The van der Waals surface area contributed by atoms with Crippen molar-refractivity contribution in [3.8, 4) is 5.82 Å². The lowest BCUT2D eigenvalue weighted by atomic mass is 10.2. The molecule has 1 aliphatic carbocycles. The summed E-state index contributed by atoms with van der Waals surface area (Å²) in [7, 11) is 3.38. The maximum absolute atomic E-state index is 14.2. The number of methoxy groups -OCH3 is 1. The molecule has 1 fully saturated rings. The van der Waals surface area contributed by atoms with Crippen LogP contribution in [0.15, 0.2) is 53.7 Å². The number of anilines is 3. The van der Waals surface area contributed by atoms with Crippen molar-refractivity contribution in [3.63, 3.8) is 0 Å². The number of fused-ring (bicyclic) bond motifs is 1. The van der Waals surface area contributed by atoms with Gasteiger partial charge in [0, 0.05) is 38.7 Å². The minimum absolute atomic E-state index is 0.0113. The van der Waals surface area contributed by atoms with Crippen LogP contribution < -0.4 is 21.5 Å². The predicted octanol–water partition coefficient (Wildman–Crippen LogP) is 2.50. The molecule has 0 saturated heterocycles. The Hall–Kier alpha value is -4.32. The van der Waals surface area contributed by atoms with Gasteiger partial charge in [0.1, 0.15) is 22.9 Å². The Bertz CT molecular complexity index is 1480. The van der Waals surface area contributed by atoms with Crippen molar-refractivity contribution in [1.82, 2.24) is 29.5 Å². The molecule has 2 atom stereocenters. The van der Waals surface area contributed by atoms with Crippen LogP contribution in [0.25, 0.3) is 11.5 Å². The molecule has 1 amide bonds. The Morgan fingerprint density at radius 2 is 2.11 bits per heavy atom. The average Bonchev–Trinajstić information content (AvgIpc) is 3.52. The summed E-state index contributed by atoms with van der Waals surface area (Å²) in [5, 5.41) is 13.4. The molecule has 0 aliphatic heterocycles. The highest BCUT2D eigenvalue weighted by Gasteiger charge is 2.27. The average molecular weight is 493 g/mol. The number of nitrogens with one attached hydrogen (secondary N) is 3. The van der Waals surface area contributed by atoms with E-state index >= 15 is 0 Å². The van der Waals surface area contributed by atoms with E-state index in [4.69, 9.17) is 4.74 Å². The smallest absolute Gasteiger partial charge is 0.280 e. The molecule has 36 heavy (non-hydrogen) atoms. The van der Waals surface area contributed by atoms with Crippen molar-refractivity contribution in [2.45, 2.75) is 31.4 Å². The van der Waals surface area contributed by atoms with Crippen LogP contribution in [0.4, 0.5) is 21.7 Å². The van der Waals surface area contributed by atoms with E-state index < -0.39 is 11.4 Å². The molecular formula is C24H25FN8O3. The number of hydrogen-bond acceptors (Lipinski definition) is 8. The summed E-state index contributed by atoms with van der Waals surface area (Å²) < 4.78 is 22.3. The Labute approximate surface area is 205 Å². The summed E-state index contributed by atoms with van der Waals surface area (Å²) in [5.41, 5.74) is 0.263. The van der Waals surface area contributed by atoms with Crippen LogP contribution in [-0.4, -0.2) is 56.4 Å². The van der Waals surface area contributed by atoms with E-state index in [9.17, 15) is 14.0 Å². The van der Waals surface area contributed by atoms with E-state index in [2.05, 4.69) is 31.0 Å². The molecule has 1 aliphatic rings. The molecule has 0 radical (unpaired) electrons. The molecule has 12 heteroatoms. The van der Waals surface area contributed by atoms with Crippen molar-refractivity contribution in [3.05, 3.63) is 70.7 Å². The van der Waals surface area contributed by atoms with Crippen LogP contribution in [0, 0.1) is 5.82 Å². The predicted molar refractivity (Wildman–Crippen MR) is 132 cm³/mol. The number of ether oxygens (including phenoxy) is 1. The van der Waals surface area contributed by atoms with Gasteiger partial charge in [0.05, 0.1) is 12.3 Å². The van der Waals surface area contributed by atoms with Crippen LogP contribution in [0.5, 0.6) is 0 Å². The first-order chi connectivity index (χ1) is 17.5. The van der Waals surface area contributed by atoms with Gasteiger partial charge in [0.15, 0.2) is 17.3 Å². The van der Waals surface area contributed by atoms with Gasteiger partial charge in [-0.2, -0.15) is 9.61 Å². The molecule has 11 nitrogen and oxygen atoms in total. The summed E-state index contributed by atoms with van der Waals surface area (Å²) >= 11 is 0. The number of halogens is 1. The quantitative estimate of drug-likeness (QED) is 0.359. The van der Waals surface area contributed by atoms with Gasteiger partial charge in [-0.3, -0.25) is 14.2 Å². The molecule has 4 aromatic rings.